The van der Waals surface area contributed by atoms with Gasteiger partial charge < -0.3 is 9.55 Å². The molecule has 2 heterocycles. The van der Waals surface area contributed by atoms with Crippen LogP contribution in [0.15, 0.2) is 48.5 Å². The van der Waals surface area contributed by atoms with E-state index in [1.807, 2.05) is 66.9 Å². The van der Waals surface area contributed by atoms with Crippen molar-refractivity contribution in [3.05, 3.63) is 59.8 Å². The van der Waals surface area contributed by atoms with Crippen LogP contribution >= 0.6 is 0 Å². The van der Waals surface area contributed by atoms with Crippen LogP contribution in [-0.2, 0) is 17.8 Å². The largest absolute Gasteiger partial charge is 0.358 e. The van der Waals surface area contributed by atoms with Gasteiger partial charge in [-0.15, -0.1) is 0 Å². The molecule has 0 saturated carbocycles. The van der Waals surface area contributed by atoms with Gasteiger partial charge in [0.05, 0.1) is 17.5 Å². The Morgan fingerprint density at radius 1 is 1.16 bits per heavy atom. The molecule has 2 N–H and O–H groups in total. The van der Waals surface area contributed by atoms with Gasteiger partial charge in [0.25, 0.3) is 0 Å². The van der Waals surface area contributed by atoms with Crippen molar-refractivity contribution < 1.29 is 4.79 Å². The number of carbonyl (C=O) groups is 1. The Bertz CT molecular complexity index is 1070. The van der Waals surface area contributed by atoms with Crippen LogP contribution in [0.25, 0.3) is 21.9 Å². The highest BCUT2D eigenvalue weighted by Crippen LogP contribution is 2.23. The van der Waals surface area contributed by atoms with Gasteiger partial charge in [-0.1, -0.05) is 30.3 Å². The maximum Gasteiger partial charge on any atom is 0.231 e. The zero-order valence-electron chi connectivity index (χ0n) is 14.3. The maximum atomic E-state index is 12.6. The van der Waals surface area contributed by atoms with E-state index in [0.29, 0.717) is 12.4 Å². The van der Waals surface area contributed by atoms with Crippen molar-refractivity contribution in [2.24, 2.45) is 0 Å². The van der Waals surface area contributed by atoms with E-state index in [2.05, 4.69) is 15.3 Å². The fourth-order valence-electron chi connectivity index (χ4n) is 3.38. The number of hydrogen-bond acceptors (Lipinski definition) is 2. The van der Waals surface area contributed by atoms with E-state index in [1.54, 1.807) is 0 Å². The second-order valence-electron chi connectivity index (χ2n) is 6.17. The molecule has 25 heavy (non-hydrogen) atoms. The van der Waals surface area contributed by atoms with Gasteiger partial charge in [-0.25, -0.2) is 4.98 Å². The van der Waals surface area contributed by atoms with Crippen molar-refractivity contribution in [2.75, 3.05) is 5.32 Å². The van der Waals surface area contributed by atoms with Gasteiger partial charge in [0.1, 0.15) is 0 Å². The van der Waals surface area contributed by atoms with Gasteiger partial charge in [-0.05, 0) is 37.6 Å². The van der Waals surface area contributed by atoms with E-state index >= 15 is 0 Å². The molecule has 4 rings (SSSR count). The quantitative estimate of drug-likeness (QED) is 0.593. The van der Waals surface area contributed by atoms with E-state index in [1.165, 1.54) is 0 Å². The van der Waals surface area contributed by atoms with Crippen LogP contribution in [0, 0.1) is 6.92 Å². The van der Waals surface area contributed by atoms with Crippen LogP contribution in [0.2, 0.25) is 0 Å². The van der Waals surface area contributed by atoms with Crippen LogP contribution in [-0.4, -0.2) is 20.4 Å². The van der Waals surface area contributed by atoms with Gasteiger partial charge >= 0.3 is 0 Å². The molecule has 2 aromatic carbocycles. The molecule has 0 unspecified atom stereocenters. The minimum atomic E-state index is -0.0575. The standard InChI is InChI=1S/C20H20N4O/c1-3-24-18-11-7-6-10-17(18)22-20(24)23-19(25)12-15-13(2)21-16-9-5-4-8-14(15)16/h4-11,21H,3,12H2,1-2H3,(H,22,23,25). The molecule has 0 aliphatic heterocycles. The fraction of sp³-hybridized carbons (Fsp3) is 0.200. The lowest BCUT2D eigenvalue weighted by molar-refractivity contribution is -0.115. The van der Waals surface area contributed by atoms with E-state index in [0.717, 1.165) is 39.7 Å². The van der Waals surface area contributed by atoms with Gasteiger partial charge in [0.15, 0.2) is 0 Å². The first-order valence-corrected chi connectivity index (χ1v) is 8.48. The van der Waals surface area contributed by atoms with Crippen molar-refractivity contribution in [1.29, 1.82) is 0 Å². The number of aryl methyl sites for hydroxylation is 2. The number of para-hydroxylation sites is 3. The topological polar surface area (TPSA) is 62.7 Å². The average molecular weight is 332 g/mol. The molecule has 5 nitrogen and oxygen atoms in total. The zero-order chi connectivity index (χ0) is 17.4. The number of fused-ring (bicyclic) bond motifs is 2. The minimum absolute atomic E-state index is 0.0575. The number of carbonyl (C=O) groups excluding carboxylic acids is 1. The summed E-state index contributed by atoms with van der Waals surface area (Å²) >= 11 is 0. The Morgan fingerprint density at radius 2 is 1.92 bits per heavy atom. The second kappa shape index (κ2) is 6.09. The smallest absolute Gasteiger partial charge is 0.231 e. The molecule has 0 radical (unpaired) electrons. The summed E-state index contributed by atoms with van der Waals surface area (Å²) in [5.74, 6) is 0.545. The number of anilines is 1. The zero-order valence-corrected chi connectivity index (χ0v) is 14.3. The molecular formula is C20H20N4O. The number of rotatable bonds is 4. The lowest BCUT2D eigenvalue weighted by atomic mass is 10.1. The summed E-state index contributed by atoms with van der Waals surface area (Å²) in [5.41, 5.74) is 5.04. The predicted molar refractivity (Wildman–Crippen MR) is 101 cm³/mol. The summed E-state index contributed by atoms with van der Waals surface area (Å²) in [6.45, 7) is 4.81. The number of amides is 1. The Hall–Kier alpha value is -3.08. The summed E-state index contributed by atoms with van der Waals surface area (Å²) in [6, 6.07) is 16.0. The normalized spacial score (nSPS) is 11.3. The molecule has 2 aromatic heterocycles. The molecule has 1 amide bonds. The summed E-state index contributed by atoms with van der Waals surface area (Å²) < 4.78 is 2.02. The van der Waals surface area contributed by atoms with Crippen molar-refractivity contribution in [3.8, 4) is 0 Å². The average Bonchev–Trinajstić information content (AvgIpc) is 3.12. The van der Waals surface area contributed by atoms with E-state index in [4.69, 9.17) is 0 Å². The molecule has 4 aromatic rings. The van der Waals surface area contributed by atoms with Gasteiger partial charge in [0, 0.05) is 23.1 Å². The summed E-state index contributed by atoms with van der Waals surface area (Å²) in [5, 5.41) is 4.08. The number of nitrogens with zero attached hydrogens (tertiary/aromatic N) is 2. The highest BCUT2D eigenvalue weighted by molar-refractivity contribution is 5.96. The molecule has 0 bridgehead atoms. The Balaban J connectivity index is 1.63. The van der Waals surface area contributed by atoms with E-state index in [-0.39, 0.29) is 5.91 Å². The lowest BCUT2D eigenvalue weighted by Gasteiger charge is -2.08. The molecule has 0 atom stereocenters. The summed E-state index contributed by atoms with van der Waals surface area (Å²) in [7, 11) is 0. The third kappa shape index (κ3) is 2.67. The van der Waals surface area contributed by atoms with Crippen molar-refractivity contribution >= 4 is 33.8 Å². The van der Waals surface area contributed by atoms with E-state index in [9.17, 15) is 4.79 Å². The third-order valence-corrected chi connectivity index (χ3v) is 4.59. The number of aromatic nitrogens is 3. The highest BCUT2D eigenvalue weighted by Gasteiger charge is 2.15. The van der Waals surface area contributed by atoms with Crippen LogP contribution in [0.3, 0.4) is 0 Å². The Labute approximate surface area is 145 Å². The van der Waals surface area contributed by atoms with Crippen LogP contribution in [0.1, 0.15) is 18.2 Å². The highest BCUT2D eigenvalue weighted by atomic mass is 16.1. The lowest BCUT2D eigenvalue weighted by Crippen LogP contribution is -2.18. The monoisotopic (exact) mass is 332 g/mol. The van der Waals surface area contributed by atoms with Crippen molar-refractivity contribution in [1.82, 2.24) is 14.5 Å². The maximum absolute atomic E-state index is 12.6. The molecule has 5 heteroatoms. The Kier molecular flexibility index (Phi) is 3.76. The van der Waals surface area contributed by atoms with Crippen LogP contribution < -0.4 is 5.32 Å². The van der Waals surface area contributed by atoms with Crippen molar-refractivity contribution in [3.63, 3.8) is 0 Å². The number of hydrogen-bond donors (Lipinski definition) is 2. The first-order chi connectivity index (χ1) is 12.2. The SMILES string of the molecule is CCn1c(NC(=O)Cc2c(C)[nH]c3ccccc23)nc2ccccc21. The second-order valence-corrected chi connectivity index (χ2v) is 6.17. The molecule has 0 saturated heterocycles. The molecule has 0 fully saturated rings. The van der Waals surface area contributed by atoms with Crippen LogP contribution in [0.5, 0.6) is 0 Å². The first kappa shape index (κ1) is 15.4. The summed E-state index contributed by atoms with van der Waals surface area (Å²) in [4.78, 5) is 20.5. The molecule has 0 aliphatic rings. The number of aromatic amines is 1. The first-order valence-electron chi connectivity index (χ1n) is 8.48. The number of H-pyrrole nitrogens is 1. The third-order valence-electron chi connectivity index (χ3n) is 4.59. The fourth-order valence-corrected chi connectivity index (χ4v) is 3.38. The summed E-state index contributed by atoms with van der Waals surface area (Å²) in [6.07, 6.45) is 0.322. The predicted octanol–water partition coefficient (Wildman–Crippen LogP) is 4.03. The van der Waals surface area contributed by atoms with Gasteiger partial charge in [0.2, 0.25) is 11.9 Å². The van der Waals surface area contributed by atoms with Crippen LogP contribution in [0.4, 0.5) is 5.95 Å². The Morgan fingerprint density at radius 3 is 2.76 bits per heavy atom. The van der Waals surface area contributed by atoms with Gasteiger partial charge in [-0.2, -0.15) is 0 Å². The van der Waals surface area contributed by atoms with Gasteiger partial charge in [-0.3, -0.25) is 10.1 Å². The minimum Gasteiger partial charge on any atom is -0.358 e. The van der Waals surface area contributed by atoms with E-state index < -0.39 is 0 Å². The molecular weight excluding hydrogens is 312 g/mol. The number of benzene rings is 2. The molecule has 0 aliphatic carbocycles. The van der Waals surface area contributed by atoms with Crippen molar-refractivity contribution in [2.45, 2.75) is 26.8 Å². The number of imidazole rings is 1. The number of nitrogens with one attached hydrogen (secondary N) is 2. The molecule has 0 spiro atoms. The molecule has 126 valence electrons.